The molecule has 0 spiro atoms. The van der Waals surface area contributed by atoms with Crippen molar-refractivity contribution in [2.45, 2.75) is 26.7 Å². The normalized spacial score (nSPS) is 11.9. The topological polar surface area (TPSA) is 54.4 Å². The van der Waals surface area contributed by atoms with Crippen molar-refractivity contribution >= 4 is 18.2 Å². The molecule has 1 amide bonds. The number of hydrogen-bond donors (Lipinski definition) is 1. The fraction of sp³-hybridized carbons (Fsp3) is 0.211. The molecule has 1 aromatic heterocycles. The Kier molecular flexibility index (Phi) is 5.80. The summed E-state index contributed by atoms with van der Waals surface area (Å²) in [6.45, 7) is 6.29. The predicted octanol–water partition coefficient (Wildman–Crippen LogP) is 4.02. The fourth-order valence-electron chi connectivity index (χ4n) is 2.03. The molecule has 0 atom stereocenters. The van der Waals surface area contributed by atoms with Gasteiger partial charge in [0.15, 0.2) is 0 Å². The molecule has 118 valence electrons. The van der Waals surface area contributed by atoms with E-state index in [0.717, 1.165) is 11.1 Å². The number of allylic oxidation sites excluding steroid dienone is 1. The van der Waals surface area contributed by atoms with Crippen molar-refractivity contribution in [3.05, 3.63) is 71.1 Å². The van der Waals surface area contributed by atoms with Crippen molar-refractivity contribution in [1.29, 1.82) is 0 Å². The van der Waals surface area contributed by atoms with Gasteiger partial charge in [-0.1, -0.05) is 44.2 Å². The summed E-state index contributed by atoms with van der Waals surface area (Å²) in [5.74, 6) is 0.252. The third kappa shape index (κ3) is 5.18. The van der Waals surface area contributed by atoms with E-state index < -0.39 is 0 Å². The number of amides is 1. The molecular weight excluding hydrogens is 286 g/mol. The van der Waals surface area contributed by atoms with Crippen LogP contribution in [-0.2, 0) is 0 Å². The summed E-state index contributed by atoms with van der Waals surface area (Å²) in [5.41, 5.74) is 6.35. The van der Waals surface area contributed by atoms with Crippen LogP contribution in [0.15, 0.2) is 59.5 Å². The van der Waals surface area contributed by atoms with Gasteiger partial charge in [-0.25, -0.2) is 5.43 Å². The smallest absolute Gasteiger partial charge is 0.267 e. The van der Waals surface area contributed by atoms with Crippen LogP contribution in [0.3, 0.4) is 0 Å². The van der Waals surface area contributed by atoms with E-state index in [9.17, 15) is 4.79 Å². The predicted molar refractivity (Wildman–Crippen MR) is 94.4 cm³/mol. The zero-order valence-corrected chi connectivity index (χ0v) is 13.7. The highest BCUT2D eigenvalue weighted by Crippen LogP contribution is 2.15. The lowest BCUT2D eigenvalue weighted by molar-refractivity contribution is 0.0955. The van der Waals surface area contributed by atoms with Gasteiger partial charge < -0.3 is 0 Å². The van der Waals surface area contributed by atoms with Gasteiger partial charge in [0, 0.05) is 12.4 Å². The highest BCUT2D eigenvalue weighted by Gasteiger charge is 2.02. The Morgan fingerprint density at radius 2 is 1.96 bits per heavy atom. The molecule has 0 fully saturated rings. The molecule has 23 heavy (non-hydrogen) atoms. The van der Waals surface area contributed by atoms with E-state index in [0.29, 0.717) is 11.5 Å². The van der Waals surface area contributed by atoms with Gasteiger partial charge in [0.25, 0.3) is 5.91 Å². The van der Waals surface area contributed by atoms with E-state index >= 15 is 0 Å². The Labute approximate surface area is 137 Å². The maximum absolute atomic E-state index is 11.8. The highest BCUT2D eigenvalue weighted by atomic mass is 16.2. The van der Waals surface area contributed by atoms with Crippen molar-refractivity contribution in [2.24, 2.45) is 5.10 Å². The number of hydrogen-bond acceptors (Lipinski definition) is 3. The highest BCUT2D eigenvalue weighted by molar-refractivity contribution is 5.94. The molecule has 0 aliphatic carbocycles. The molecule has 4 heteroatoms. The van der Waals surface area contributed by atoms with Crippen LogP contribution in [0, 0.1) is 0 Å². The number of carbonyl (C=O) groups excluding carboxylic acids is 1. The lowest BCUT2D eigenvalue weighted by Gasteiger charge is -2.05. The van der Waals surface area contributed by atoms with E-state index in [1.54, 1.807) is 24.5 Å². The number of hydrazone groups is 1. The molecule has 1 N–H and O–H groups in total. The van der Waals surface area contributed by atoms with Crippen molar-refractivity contribution < 1.29 is 4.79 Å². The van der Waals surface area contributed by atoms with Crippen LogP contribution in [0.1, 0.15) is 48.2 Å². The summed E-state index contributed by atoms with van der Waals surface area (Å²) in [7, 11) is 0. The fourth-order valence-corrected chi connectivity index (χ4v) is 2.03. The van der Waals surface area contributed by atoms with Gasteiger partial charge in [-0.3, -0.25) is 9.78 Å². The first-order chi connectivity index (χ1) is 11.1. The van der Waals surface area contributed by atoms with Crippen LogP contribution in [0.4, 0.5) is 0 Å². The first-order valence-corrected chi connectivity index (χ1v) is 7.58. The Balaban J connectivity index is 1.95. The Bertz CT molecular complexity index is 701. The first-order valence-electron chi connectivity index (χ1n) is 7.58. The molecule has 2 rings (SSSR count). The Morgan fingerprint density at radius 1 is 1.22 bits per heavy atom. The molecule has 1 heterocycles. The number of aromatic nitrogens is 1. The number of pyridine rings is 1. The van der Waals surface area contributed by atoms with Gasteiger partial charge in [0.1, 0.15) is 0 Å². The molecular formula is C19H21N3O. The summed E-state index contributed by atoms with van der Waals surface area (Å²) in [5, 5.41) is 3.97. The number of carbonyl (C=O) groups is 1. The van der Waals surface area contributed by atoms with Crippen LogP contribution >= 0.6 is 0 Å². The van der Waals surface area contributed by atoms with E-state index in [-0.39, 0.29) is 5.91 Å². The van der Waals surface area contributed by atoms with Gasteiger partial charge in [0.2, 0.25) is 0 Å². The molecule has 0 bridgehead atoms. The van der Waals surface area contributed by atoms with E-state index in [1.807, 2.05) is 13.0 Å². The average molecular weight is 307 g/mol. The quantitative estimate of drug-likeness (QED) is 0.670. The molecule has 0 aliphatic heterocycles. The third-order valence-corrected chi connectivity index (χ3v) is 3.36. The van der Waals surface area contributed by atoms with Gasteiger partial charge in [-0.15, -0.1) is 0 Å². The van der Waals surface area contributed by atoms with Gasteiger partial charge in [0.05, 0.1) is 11.8 Å². The minimum atomic E-state index is -0.275. The van der Waals surface area contributed by atoms with Gasteiger partial charge in [-0.2, -0.15) is 5.10 Å². The first kappa shape index (κ1) is 16.6. The molecule has 0 saturated heterocycles. The summed E-state index contributed by atoms with van der Waals surface area (Å²) in [4.78, 5) is 15.7. The van der Waals surface area contributed by atoms with Crippen LogP contribution in [0.25, 0.3) is 6.08 Å². The van der Waals surface area contributed by atoms with E-state index in [4.69, 9.17) is 0 Å². The Hall–Kier alpha value is -2.75. The second-order valence-electron chi connectivity index (χ2n) is 5.65. The molecule has 1 aromatic carbocycles. The molecule has 0 unspecified atom stereocenters. The zero-order valence-electron chi connectivity index (χ0n) is 13.7. The van der Waals surface area contributed by atoms with Crippen LogP contribution in [0.2, 0.25) is 0 Å². The number of rotatable bonds is 5. The summed E-state index contributed by atoms with van der Waals surface area (Å²) < 4.78 is 0. The monoisotopic (exact) mass is 307 g/mol. The lowest BCUT2D eigenvalue weighted by Crippen LogP contribution is -2.17. The lowest BCUT2D eigenvalue weighted by atomic mass is 10.0. The van der Waals surface area contributed by atoms with Crippen LogP contribution in [-0.4, -0.2) is 17.1 Å². The summed E-state index contributed by atoms with van der Waals surface area (Å²) >= 11 is 0. The molecule has 2 aromatic rings. The second-order valence-corrected chi connectivity index (χ2v) is 5.65. The van der Waals surface area contributed by atoms with Gasteiger partial charge in [-0.05, 0) is 41.7 Å². The largest absolute Gasteiger partial charge is 0.272 e. The molecule has 0 aliphatic rings. The van der Waals surface area contributed by atoms with E-state index in [2.05, 4.69) is 53.6 Å². The summed E-state index contributed by atoms with van der Waals surface area (Å²) in [6, 6.07) is 11.8. The van der Waals surface area contributed by atoms with Crippen molar-refractivity contribution in [3.8, 4) is 0 Å². The number of nitrogens with one attached hydrogen (secondary N) is 1. The number of nitrogens with zero attached hydrogens (tertiary/aromatic N) is 2. The SMILES string of the molecule is CC(C=NNC(=O)c1cccnc1)=Cc1ccc(C(C)C)cc1. The van der Waals surface area contributed by atoms with E-state index in [1.165, 1.54) is 11.8 Å². The minimum absolute atomic E-state index is 0.275. The number of benzene rings is 1. The average Bonchev–Trinajstić information content (AvgIpc) is 2.56. The van der Waals surface area contributed by atoms with Crippen molar-refractivity contribution in [3.63, 3.8) is 0 Å². The third-order valence-electron chi connectivity index (χ3n) is 3.36. The van der Waals surface area contributed by atoms with Crippen LogP contribution < -0.4 is 5.43 Å². The Morgan fingerprint density at radius 3 is 2.57 bits per heavy atom. The molecule has 0 saturated carbocycles. The molecule has 4 nitrogen and oxygen atoms in total. The standard InChI is InChI=1S/C19H21N3O/c1-14(2)17-8-6-16(7-9-17)11-15(3)12-21-22-19(23)18-5-4-10-20-13-18/h4-14H,1-3H3,(H,22,23). The maximum Gasteiger partial charge on any atom is 0.272 e. The zero-order chi connectivity index (χ0) is 16.7. The van der Waals surface area contributed by atoms with Gasteiger partial charge >= 0.3 is 0 Å². The minimum Gasteiger partial charge on any atom is -0.267 e. The second kappa shape index (κ2) is 8.03. The summed E-state index contributed by atoms with van der Waals surface area (Å²) in [6.07, 6.45) is 6.77. The van der Waals surface area contributed by atoms with Crippen molar-refractivity contribution in [1.82, 2.24) is 10.4 Å². The van der Waals surface area contributed by atoms with Crippen LogP contribution in [0.5, 0.6) is 0 Å². The van der Waals surface area contributed by atoms with Crippen molar-refractivity contribution in [2.75, 3.05) is 0 Å². The maximum atomic E-state index is 11.8. The molecule has 0 radical (unpaired) electrons.